The van der Waals surface area contributed by atoms with Crippen LogP contribution < -0.4 is 5.69 Å². The second kappa shape index (κ2) is 6.89. The zero-order chi connectivity index (χ0) is 17.8. The number of nitriles is 1. The first-order chi connectivity index (χ1) is 12.1. The number of nitrogens with zero attached hydrogens (tertiary/aromatic N) is 2. The summed E-state index contributed by atoms with van der Waals surface area (Å²) in [6.45, 7) is 1.94. The van der Waals surface area contributed by atoms with Gasteiger partial charge in [0.25, 0.3) is 0 Å². The van der Waals surface area contributed by atoms with Crippen LogP contribution >= 0.6 is 0 Å². The Morgan fingerprint density at radius 2 is 1.84 bits per heavy atom. The third kappa shape index (κ3) is 3.51. The largest absolute Gasteiger partial charge is 0.457 e. The maximum absolute atomic E-state index is 12.1. The summed E-state index contributed by atoms with van der Waals surface area (Å²) in [5.41, 5.74) is 2.99. The zero-order valence-electron chi connectivity index (χ0n) is 13.5. The van der Waals surface area contributed by atoms with E-state index in [9.17, 15) is 9.59 Å². The molecule has 6 nitrogen and oxygen atoms in total. The highest BCUT2D eigenvalue weighted by Gasteiger charge is 2.10. The third-order valence-corrected chi connectivity index (χ3v) is 3.77. The lowest BCUT2D eigenvalue weighted by Gasteiger charge is -2.07. The van der Waals surface area contributed by atoms with E-state index in [-0.39, 0.29) is 12.3 Å². The van der Waals surface area contributed by atoms with Gasteiger partial charge in [-0.25, -0.2) is 9.59 Å². The summed E-state index contributed by atoms with van der Waals surface area (Å²) >= 11 is 0. The standard InChI is InChI=1S/C19H15N3O3/c1-13-11-21-19(24)22(13)17-8-6-16(7-9-17)18(23)25-12-15-4-2-14(10-20)3-5-15/h2-9,11H,12H2,1H3,(H,21,24). The molecule has 0 unspecified atom stereocenters. The van der Waals surface area contributed by atoms with Crippen molar-refractivity contribution in [3.05, 3.63) is 87.6 Å². The molecule has 0 saturated carbocycles. The number of H-pyrrole nitrogens is 1. The fourth-order valence-electron chi connectivity index (χ4n) is 2.43. The van der Waals surface area contributed by atoms with Crippen LogP contribution in [0.5, 0.6) is 0 Å². The maximum Gasteiger partial charge on any atom is 0.338 e. The molecule has 3 aromatic rings. The van der Waals surface area contributed by atoms with Crippen LogP contribution in [-0.4, -0.2) is 15.5 Å². The minimum absolute atomic E-state index is 0.128. The molecule has 0 spiro atoms. The molecule has 0 saturated heterocycles. The molecule has 0 atom stereocenters. The molecule has 1 heterocycles. The summed E-state index contributed by atoms with van der Waals surface area (Å²) in [5.74, 6) is -0.450. The molecule has 25 heavy (non-hydrogen) atoms. The van der Waals surface area contributed by atoms with E-state index in [0.717, 1.165) is 11.3 Å². The fourth-order valence-corrected chi connectivity index (χ4v) is 2.43. The van der Waals surface area contributed by atoms with Crippen molar-refractivity contribution in [3.63, 3.8) is 0 Å². The minimum Gasteiger partial charge on any atom is -0.457 e. The number of carbonyl (C=O) groups is 1. The van der Waals surface area contributed by atoms with Crippen molar-refractivity contribution in [2.24, 2.45) is 0 Å². The van der Waals surface area contributed by atoms with E-state index < -0.39 is 5.97 Å². The predicted octanol–water partition coefficient (Wildman–Crippen LogP) is 2.70. The molecule has 124 valence electrons. The van der Waals surface area contributed by atoms with Crippen molar-refractivity contribution in [2.75, 3.05) is 0 Å². The number of esters is 1. The molecule has 2 aromatic carbocycles. The van der Waals surface area contributed by atoms with E-state index in [2.05, 4.69) is 4.98 Å². The van der Waals surface area contributed by atoms with Crippen molar-refractivity contribution in [1.29, 1.82) is 5.26 Å². The van der Waals surface area contributed by atoms with Gasteiger partial charge in [-0.1, -0.05) is 12.1 Å². The van der Waals surface area contributed by atoms with E-state index in [1.165, 1.54) is 4.57 Å². The van der Waals surface area contributed by atoms with Gasteiger partial charge in [-0.15, -0.1) is 0 Å². The number of aromatic nitrogens is 2. The van der Waals surface area contributed by atoms with Gasteiger partial charge in [0, 0.05) is 11.9 Å². The Bertz CT molecular complexity index is 990. The Morgan fingerprint density at radius 1 is 1.16 bits per heavy atom. The van der Waals surface area contributed by atoms with Crippen molar-refractivity contribution in [1.82, 2.24) is 9.55 Å². The van der Waals surface area contributed by atoms with Crippen molar-refractivity contribution >= 4 is 5.97 Å². The molecule has 6 heteroatoms. The second-order valence-electron chi connectivity index (χ2n) is 5.50. The van der Waals surface area contributed by atoms with Gasteiger partial charge in [0.1, 0.15) is 6.61 Å². The summed E-state index contributed by atoms with van der Waals surface area (Å²) < 4.78 is 6.79. The van der Waals surface area contributed by atoms with E-state index in [4.69, 9.17) is 10.00 Å². The highest BCUT2D eigenvalue weighted by atomic mass is 16.5. The van der Waals surface area contributed by atoms with E-state index in [1.54, 1.807) is 54.7 Å². The normalized spacial score (nSPS) is 10.2. The fraction of sp³-hybridized carbons (Fsp3) is 0.105. The number of aryl methyl sites for hydroxylation is 1. The number of rotatable bonds is 4. The van der Waals surface area contributed by atoms with Gasteiger partial charge >= 0.3 is 11.7 Å². The van der Waals surface area contributed by atoms with Crippen LogP contribution in [0.25, 0.3) is 5.69 Å². The Morgan fingerprint density at radius 3 is 2.40 bits per heavy atom. The number of imidazole rings is 1. The SMILES string of the molecule is Cc1c[nH]c(=O)n1-c1ccc(C(=O)OCc2ccc(C#N)cc2)cc1. The molecule has 0 bridgehead atoms. The van der Waals surface area contributed by atoms with E-state index in [0.29, 0.717) is 16.8 Å². The molecular formula is C19H15N3O3. The lowest BCUT2D eigenvalue weighted by Crippen LogP contribution is -2.16. The molecule has 1 aromatic heterocycles. The Labute approximate surface area is 143 Å². The monoisotopic (exact) mass is 333 g/mol. The molecule has 0 aliphatic rings. The Hall–Kier alpha value is -3.59. The average molecular weight is 333 g/mol. The molecule has 0 aliphatic carbocycles. The lowest BCUT2D eigenvalue weighted by molar-refractivity contribution is 0.0472. The van der Waals surface area contributed by atoms with Crippen molar-refractivity contribution in [2.45, 2.75) is 13.5 Å². The molecule has 0 radical (unpaired) electrons. The molecule has 0 amide bonds. The summed E-state index contributed by atoms with van der Waals surface area (Å²) in [6.07, 6.45) is 1.63. The maximum atomic E-state index is 12.1. The first-order valence-corrected chi connectivity index (χ1v) is 7.62. The van der Waals surface area contributed by atoms with Gasteiger partial charge in [0.05, 0.1) is 22.9 Å². The lowest BCUT2D eigenvalue weighted by atomic mass is 10.1. The molecule has 0 aliphatic heterocycles. The quantitative estimate of drug-likeness (QED) is 0.744. The second-order valence-corrected chi connectivity index (χ2v) is 5.50. The molecule has 1 N–H and O–H groups in total. The number of aromatic amines is 1. The molecular weight excluding hydrogens is 318 g/mol. The summed E-state index contributed by atoms with van der Waals surface area (Å²) in [6, 6.07) is 15.5. The van der Waals surface area contributed by atoms with E-state index >= 15 is 0 Å². The van der Waals surface area contributed by atoms with Crippen LogP contribution in [0, 0.1) is 18.3 Å². The predicted molar refractivity (Wildman–Crippen MR) is 91.4 cm³/mol. The minimum atomic E-state index is -0.450. The Balaban J connectivity index is 1.68. The summed E-state index contributed by atoms with van der Waals surface area (Å²) in [5, 5.41) is 8.76. The smallest absolute Gasteiger partial charge is 0.338 e. The number of nitrogens with one attached hydrogen (secondary N) is 1. The number of benzene rings is 2. The van der Waals surface area contributed by atoms with Crippen LogP contribution in [0.4, 0.5) is 0 Å². The van der Waals surface area contributed by atoms with E-state index in [1.807, 2.05) is 13.0 Å². The summed E-state index contributed by atoms with van der Waals surface area (Å²) in [7, 11) is 0. The highest BCUT2D eigenvalue weighted by Crippen LogP contribution is 2.12. The van der Waals surface area contributed by atoms with Gasteiger partial charge in [-0.2, -0.15) is 5.26 Å². The Kier molecular flexibility index (Phi) is 4.48. The summed E-state index contributed by atoms with van der Waals surface area (Å²) in [4.78, 5) is 26.5. The van der Waals surface area contributed by atoms with Gasteiger partial charge in [0.15, 0.2) is 0 Å². The first-order valence-electron chi connectivity index (χ1n) is 7.62. The van der Waals surface area contributed by atoms with Gasteiger partial charge in [-0.05, 0) is 48.9 Å². The van der Waals surface area contributed by atoms with Gasteiger partial charge in [0.2, 0.25) is 0 Å². The highest BCUT2D eigenvalue weighted by molar-refractivity contribution is 5.89. The van der Waals surface area contributed by atoms with Gasteiger partial charge < -0.3 is 9.72 Å². The molecule has 0 fully saturated rings. The van der Waals surface area contributed by atoms with Crippen LogP contribution in [0.3, 0.4) is 0 Å². The average Bonchev–Trinajstić information content (AvgIpc) is 2.98. The van der Waals surface area contributed by atoms with Gasteiger partial charge in [-0.3, -0.25) is 4.57 Å². The van der Waals surface area contributed by atoms with Crippen molar-refractivity contribution < 1.29 is 9.53 Å². The van der Waals surface area contributed by atoms with Crippen LogP contribution in [0.1, 0.15) is 27.2 Å². The topological polar surface area (TPSA) is 87.9 Å². The molecule has 3 rings (SSSR count). The number of hydrogen-bond donors (Lipinski definition) is 1. The number of hydrogen-bond acceptors (Lipinski definition) is 4. The van der Waals surface area contributed by atoms with Crippen LogP contribution in [-0.2, 0) is 11.3 Å². The van der Waals surface area contributed by atoms with Crippen LogP contribution in [0.2, 0.25) is 0 Å². The first kappa shape index (κ1) is 16.3. The zero-order valence-corrected chi connectivity index (χ0v) is 13.5. The van der Waals surface area contributed by atoms with Crippen molar-refractivity contribution in [3.8, 4) is 11.8 Å². The number of ether oxygens (including phenoxy) is 1. The third-order valence-electron chi connectivity index (χ3n) is 3.77. The number of carbonyl (C=O) groups excluding carboxylic acids is 1. The van der Waals surface area contributed by atoms with Crippen LogP contribution in [0.15, 0.2) is 59.5 Å².